The number of rotatable bonds is 8. The lowest BCUT2D eigenvalue weighted by molar-refractivity contribution is -0.139. The molecule has 2 aromatic rings. The Labute approximate surface area is 262 Å². The number of aromatic nitrogens is 1. The Hall–Kier alpha value is -3.98. The van der Waals surface area contributed by atoms with E-state index in [0.717, 1.165) is 12.1 Å². The summed E-state index contributed by atoms with van der Waals surface area (Å²) in [5, 5.41) is 14.4. The van der Waals surface area contributed by atoms with Gasteiger partial charge in [0.2, 0.25) is 0 Å². The van der Waals surface area contributed by atoms with E-state index in [-0.39, 0.29) is 54.5 Å². The number of carboxylic acid groups (broad SMARTS) is 1. The molecule has 45 heavy (non-hydrogen) atoms. The van der Waals surface area contributed by atoms with Gasteiger partial charge in [-0.2, -0.15) is 0 Å². The third kappa shape index (κ3) is 7.14. The van der Waals surface area contributed by atoms with E-state index < -0.39 is 35.4 Å². The first kappa shape index (κ1) is 32.4. The smallest absolute Gasteiger partial charge is 0.338 e. The number of amidine groups is 1. The summed E-state index contributed by atoms with van der Waals surface area (Å²) < 4.78 is 48.7. The van der Waals surface area contributed by atoms with Gasteiger partial charge in [-0.25, -0.2) is 27.7 Å². The maximum atomic E-state index is 15.2. The molecule has 2 fully saturated rings. The molecule has 3 aliphatic rings. The van der Waals surface area contributed by atoms with Gasteiger partial charge in [-0.3, -0.25) is 14.7 Å². The number of halogens is 3. The molecule has 2 N–H and O–H groups in total. The number of hydrogen-bond acceptors (Lipinski definition) is 9. The molecule has 11 nitrogen and oxygen atoms in total. The Bertz CT molecular complexity index is 1490. The van der Waals surface area contributed by atoms with Crippen molar-refractivity contribution >= 4 is 35.1 Å². The number of nitrogens with one attached hydrogen (secondary N) is 1. The number of ether oxygens (including phenoxy) is 1. The number of piperidine rings is 1. The van der Waals surface area contributed by atoms with Crippen molar-refractivity contribution in [3.8, 4) is 0 Å². The number of thiazole rings is 1. The van der Waals surface area contributed by atoms with Crippen LogP contribution in [0.15, 0.2) is 40.0 Å². The van der Waals surface area contributed by atoms with Gasteiger partial charge >= 0.3 is 18.0 Å². The van der Waals surface area contributed by atoms with Crippen LogP contribution in [0.2, 0.25) is 0 Å². The van der Waals surface area contributed by atoms with Gasteiger partial charge in [-0.15, -0.1) is 11.3 Å². The van der Waals surface area contributed by atoms with E-state index in [1.54, 1.807) is 28.3 Å². The molecule has 0 spiro atoms. The fourth-order valence-corrected chi connectivity index (χ4v) is 6.62. The average Bonchev–Trinajstić information content (AvgIpc) is 3.55. The summed E-state index contributed by atoms with van der Waals surface area (Å²) in [7, 11) is 0. The van der Waals surface area contributed by atoms with E-state index in [9.17, 15) is 23.2 Å². The van der Waals surface area contributed by atoms with Crippen LogP contribution in [0, 0.1) is 23.4 Å². The number of nitrogens with zero attached hydrogens (tertiary/aromatic N) is 5. The van der Waals surface area contributed by atoms with Crippen molar-refractivity contribution in [3.63, 3.8) is 0 Å². The minimum atomic E-state index is -1.66. The number of likely N-dealkylation sites (tertiary alicyclic amines) is 1. The van der Waals surface area contributed by atoms with Gasteiger partial charge in [0.15, 0.2) is 28.3 Å². The van der Waals surface area contributed by atoms with Crippen LogP contribution in [0.3, 0.4) is 0 Å². The Kier molecular flexibility index (Phi) is 10.1. The van der Waals surface area contributed by atoms with Gasteiger partial charge in [0.1, 0.15) is 6.04 Å². The van der Waals surface area contributed by atoms with E-state index in [1.807, 2.05) is 11.8 Å². The van der Waals surface area contributed by atoms with Gasteiger partial charge in [0.05, 0.1) is 12.2 Å². The second-order valence-electron chi connectivity index (χ2n) is 11.3. The first-order valence-electron chi connectivity index (χ1n) is 14.8. The maximum Gasteiger partial charge on any atom is 0.338 e. The average molecular weight is 649 g/mol. The van der Waals surface area contributed by atoms with E-state index in [1.165, 1.54) is 11.3 Å². The summed E-state index contributed by atoms with van der Waals surface area (Å²) in [6.45, 7) is 6.08. The van der Waals surface area contributed by atoms with Gasteiger partial charge < -0.3 is 25.0 Å². The molecule has 2 amide bonds. The van der Waals surface area contributed by atoms with Gasteiger partial charge in [-0.1, -0.05) is 6.07 Å². The van der Waals surface area contributed by atoms with E-state index >= 15 is 4.39 Å². The van der Waals surface area contributed by atoms with Crippen molar-refractivity contribution < 1.29 is 37.4 Å². The Morgan fingerprint density at radius 2 is 1.87 bits per heavy atom. The summed E-state index contributed by atoms with van der Waals surface area (Å²) in [5.74, 6) is -5.76. The second-order valence-corrected chi connectivity index (χ2v) is 12.2. The number of benzene rings is 1. The van der Waals surface area contributed by atoms with Crippen molar-refractivity contribution in [2.45, 2.75) is 45.2 Å². The monoisotopic (exact) mass is 648 g/mol. The van der Waals surface area contributed by atoms with Crippen LogP contribution in [0.5, 0.6) is 0 Å². The first-order chi connectivity index (χ1) is 21.6. The highest BCUT2D eigenvalue weighted by atomic mass is 32.1. The predicted molar refractivity (Wildman–Crippen MR) is 159 cm³/mol. The summed E-state index contributed by atoms with van der Waals surface area (Å²) in [5.41, 5.74) is 0.00800. The van der Waals surface area contributed by atoms with E-state index in [2.05, 4.69) is 15.3 Å². The van der Waals surface area contributed by atoms with Gasteiger partial charge in [0, 0.05) is 74.6 Å². The maximum absolute atomic E-state index is 15.2. The Morgan fingerprint density at radius 1 is 1.11 bits per heavy atom. The molecule has 2 saturated heterocycles. The SMILES string of the molecule is CCOC(=O)C1=C(CN2CCN(C(=O)N3CCC(CC(=O)O)CC3)[C@H](C)C2)NC(c2nccs2)=N[C@H]1c1ccc(F)c(F)c1F. The molecule has 0 unspecified atom stereocenters. The minimum absolute atomic E-state index is 0.0248. The number of esters is 1. The topological polar surface area (TPSA) is 128 Å². The largest absolute Gasteiger partial charge is 0.481 e. The van der Waals surface area contributed by atoms with Crippen molar-refractivity contribution in [2.24, 2.45) is 10.9 Å². The highest BCUT2D eigenvalue weighted by Gasteiger charge is 2.38. The number of carbonyl (C=O) groups is 3. The lowest BCUT2D eigenvalue weighted by Gasteiger charge is -2.43. The van der Waals surface area contributed by atoms with Crippen LogP contribution >= 0.6 is 11.3 Å². The summed E-state index contributed by atoms with van der Waals surface area (Å²) in [6, 6.07) is 0.248. The summed E-state index contributed by atoms with van der Waals surface area (Å²) >= 11 is 1.26. The number of carbonyl (C=O) groups excluding carboxylic acids is 2. The predicted octanol–water partition coefficient (Wildman–Crippen LogP) is 3.78. The molecule has 1 aromatic heterocycles. The van der Waals surface area contributed by atoms with Crippen molar-refractivity contribution in [1.29, 1.82) is 0 Å². The molecule has 5 rings (SSSR count). The fourth-order valence-electron chi connectivity index (χ4n) is 6.04. The molecule has 1 aromatic carbocycles. The quantitative estimate of drug-likeness (QED) is 0.327. The molecule has 3 aliphatic heterocycles. The highest BCUT2D eigenvalue weighted by Crippen LogP contribution is 2.36. The van der Waals surface area contributed by atoms with Crippen LogP contribution in [-0.4, -0.2) is 101 Å². The molecule has 0 radical (unpaired) electrons. The van der Waals surface area contributed by atoms with E-state index in [4.69, 9.17) is 9.84 Å². The van der Waals surface area contributed by atoms with Crippen molar-refractivity contribution in [1.82, 2.24) is 25.0 Å². The number of amides is 2. The molecule has 15 heteroatoms. The number of urea groups is 1. The van der Waals surface area contributed by atoms with Crippen molar-refractivity contribution in [2.75, 3.05) is 45.9 Å². The lowest BCUT2D eigenvalue weighted by atomic mass is 9.94. The van der Waals surface area contributed by atoms with Crippen molar-refractivity contribution in [3.05, 3.63) is 63.0 Å². The zero-order valence-corrected chi connectivity index (χ0v) is 25.8. The molecule has 4 heterocycles. The van der Waals surface area contributed by atoms with Crippen LogP contribution in [-0.2, 0) is 14.3 Å². The number of piperazine rings is 1. The standard InChI is InChI=1S/C30H35F3N6O5S/c1-3-44-29(42)23-21(35-27(28-34-8-13-45-28)36-26(23)19-4-5-20(31)25(33)24(19)32)16-37-11-12-39(17(2)15-37)30(43)38-9-6-18(7-10-38)14-22(40)41/h4-5,8,13,17-18,26H,3,6-7,9-12,14-16H2,1-2H3,(H,35,36)(H,40,41)/t17-,26+/m1/s1. The number of hydrogen-bond donors (Lipinski definition) is 2. The highest BCUT2D eigenvalue weighted by molar-refractivity contribution is 7.11. The molecular formula is C30H35F3N6O5S. The van der Waals surface area contributed by atoms with Gasteiger partial charge in [-0.05, 0) is 38.7 Å². The third-order valence-corrected chi connectivity index (χ3v) is 9.08. The zero-order valence-electron chi connectivity index (χ0n) is 25.0. The lowest BCUT2D eigenvalue weighted by Crippen LogP contribution is -2.58. The normalized spacial score (nSPS) is 21.4. The zero-order chi connectivity index (χ0) is 32.2. The minimum Gasteiger partial charge on any atom is -0.481 e. The summed E-state index contributed by atoms with van der Waals surface area (Å²) in [6.07, 6.45) is 2.96. The molecule has 0 saturated carbocycles. The molecular weight excluding hydrogens is 613 g/mol. The number of aliphatic carboxylic acids is 1. The second kappa shape index (κ2) is 14.0. The first-order valence-corrected chi connectivity index (χ1v) is 15.7. The van der Waals surface area contributed by atoms with Crippen LogP contribution in [0.25, 0.3) is 0 Å². The Morgan fingerprint density at radius 3 is 2.51 bits per heavy atom. The third-order valence-electron chi connectivity index (χ3n) is 8.30. The summed E-state index contributed by atoms with van der Waals surface area (Å²) in [4.78, 5) is 52.2. The molecule has 0 bridgehead atoms. The fraction of sp³-hybridized carbons (Fsp3) is 0.500. The van der Waals surface area contributed by atoms with Crippen LogP contribution < -0.4 is 5.32 Å². The Balaban J connectivity index is 1.38. The number of carboxylic acids is 1. The van der Waals surface area contributed by atoms with Crippen LogP contribution in [0.4, 0.5) is 18.0 Å². The van der Waals surface area contributed by atoms with E-state index in [0.29, 0.717) is 56.3 Å². The van der Waals surface area contributed by atoms with Crippen LogP contribution in [0.1, 0.15) is 49.7 Å². The molecule has 242 valence electrons. The molecule has 0 aliphatic carbocycles. The molecule has 2 atom stereocenters. The number of aliphatic imine (C=N–C) groups is 1. The van der Waals surface area contributed by atoms with Gasteiger partial charge in [0.25, 0.3) is 0 Å².